The fourth-order valence-electron chi connectivity index (χ4n) is 1.11. The third kappa shape index (κ3) is 6.38. The van der Waals surface area contributed by atoms with Gasteiger partial charge in [0.25, 0.3) is 16.0 Å². The van der Waals surface area contributed by atoms with Crippen LogP contribution < -0.4 is 114 Å². The van der Waals surface area contributed by atoms with E-state index in [1.165, 1.54) is 7.05 Å². The molecule has 0 aromatic heterocycles. The van der Waals surface area contributed by atoms with E-state index in [1.807, 2.05) is 0 Å². The maximum Gasteiger partial charge on any atom is 1.00 e. The van der Waals surface area contributed by atoms with Gasteiger partial charge in [-0.25, -0.2) is 5.43 Å². The van der Waals surface area contributed by atoms with Crippen molar-refractivity contribution in [3.8, 4) is 11.5 Å². The van der Waals surface area contributed by atoms with Gasteiger partial charge in [-0.05, 0) is 12.1 Å². The van der Waals surface area contributed by atoms with Gasteiger partial charge in [0.15, 0.2) is 11.5 Å². The van der Waals surface area contributed by atoms with Crippen molar-refractivity contribution in [1.29, 1.82) is 0 Å². The van der Waals surface area contributed by atoms with Crippen molar-refractivity contribution in [2.75, 3.05) is 7.05 Å². The summed E-state index contributed by atoms with van der Waals surface area (Å²) >= 11 is 0. The van der Waals surface area contributed by atoms with E-state index in [9.17, 15) is 23.4 Å². The molecule has 11 heteroatoms. The molecule has 0 atom stereocenters. The number of carbonyl (C=O) groups is 1. The quantitative estimate of drug-likeness (QED) is 0.159. The molecular formula is C8H12K2N2O6S. The monoisotopic (exact) mass is 342 g/mol. The van der Waals surface area contributed by atoms with Gasteiger partial charge in [0.2, 0.25) is 0 Å². The van der Waals surface area contributed by atoms with E-state index in [0.717, 1.165) is 12.1 Å². The smallest absolute Gasteiger partial charge is 1.00 e. The van der Waals surface area contributed by atoms with E-state index in [-0.39, 0.29) is 111 Å². The van der Waals surface area contributed by atoms with Gasteiger partial charge in [0.05, 0.1) is 0 Å². The summed E-state index contributed by atoms with van der Waals surface area (Å²) < 4.78 is 30.5. The summed E-state index contributed by atoms with van der Waals surface area (Å²) in [6, 6.07) is 1.59. The Balaban J connectivity index is -0.000000361. The van der Waals surface area contributed by atoms with Gasteiger partial charge < -0.3 is 13.1 Å². The Morgan fingerprint density at radius 1 is 1.26 bits per heavy atom. The molecule has 0 bridgehead atoms. The van der Waals surface area contributed by atoms with E-state index < -0.39 is 32.4 Å². The summed E-state index contributed by atoms with van der Waals surface area (Å²) in [6.07, 6.45) is 0. The molecule has 1 aromatic carbocycles. The third-order valence-electron chi connectivity index (χ3n) is 1.83. The van der Waals surface area contributed by atoms with Crippen LogP contribution in [-0.2, 0) is 10.1 Å². The van der Waals surface area contributed by atoms with Gasteiger partial charge in [0, 0.05) is 12.6 Å². The number of aromatic hydroxyl groups is 2. The summed E-state index contributed by atoms with van der Waals surface area (Å²) in [6.45, 7) is 0. The molecule has 0 aliphatic heterocycles. The molecule has 5 N–H and O–H groups in total. The molecule has 1 amide bonds. The number of nitrogens with one attached hydrogen (secondary N) is 2. The van der Waals surface area contributed by atoms with Crippen LogP contribution in [0, 0.1) is 0 Å². The molecule has 0 heterocycles. The van der Waals surface area contributed by atoms with Gasteiger partial charge in [-0.15, -0.1) is 0 Å². The number of phenolic OH excluding ortho intramolecular Hbond substituents is 2. The molecule has 0 saturated carbocycles. The largest absolute Gasteiger partial charge is 1.00 e. The van der Waals surface area contributed by atoms with Gasteiger partial charge in [-0.1, -0.05) is 0 Å². The van der Waals surface area contributed by atoms with Crippen LogP contribution in [0.25, 0.3) is 0 Å². The molecule has 0 fully saturated rings. The van der Waals surface area contributed by atoms with E-state index in [2.05, 4.69) is 10.9 Å². The molecule has 1 rings (SSSR count). The number of amides is 1. The fraction of sp³-hybridized carbons (Fsp3) is 0.125. The second-order valence-electron chi connectivity index (χ2n) is 3.02. The molecular weight excluding hydrogens is 330 g/mol. The number of benzene rings is 1. The standard InChI is InChI=1S/C8H10N2O6S.2K.2H/c1-9-10-8(13)4-2-5(11)7(12)6(3-4)17(14,15)16;;;;/h2-3,9,11-12H,1H3,(H,10,13)(H,14,15,16);;;;/q;2*+1;2*-1. The molecule has 98 valence electrons. The van der Waals surface area contributed by atoms with E-state index in [0.29, 0.717) is 0 Å². The van der Waals surface area contributed by atoms with Crippen LogP contribution in [0.5, 0.6) is 11.5 Å². The SMILES string of the molecule is CNNC(=O)c1cc(O)c(O)c(S(=O)(=O)O)c1.[H-].[H-].[K+].[K+]. The number of phenols is 2. The summed E-state index contributed by atoms with van der Waals surface area (Å²) in [5.41, 5.74) is 4.18. The first-order chi connectivity index (χ1) is 7.77. The Hall–Kier alpha value is 1.43. The van der Waals surface area contributed by atoms with Crippen LogP contribution in [0.3, 0.4) is 0 Å². The second-order valence-corrected chi connectivity index (χ2v) is 4.41. The van der Waals surface area contributed by atoms with Gasteiger partial charge in [0.1, 0.15) is 4.90 Å². The molecule has 0 saturated heterocycles. The minimum Gasteiger partial charge on any atom is -1.00 e. The fourth-order valence-corrected chi connectivity index (χ4v) is 1.73. The number of hydrazine groups is 1. The molecule has 0 radical (unpaired) electrons. The molecule has 0 aliphatic carbocycles. The third-order valence-corrected chi connectivity index (χ3v) is 2.70. The van der Waals surface area contributed by atoms with Crippen LogP contribution in [-0.4, -0.2) is 36.1 Å². The Labute approximate surface area is 197 Å². The Kier molecular flexibility index (Phi) is 11.3. The zero-order valence-electron chi connectivity index (χ0n) is 12.6. The van der Waals surface area contributed by atoms with Gasteiger partial charge in [-0.2, -0.15) is 8.42 Å². The summed E-state index contributed by atoms with van der Waals surface area (Å²) in [5, 5.41) is 18.5. The number of carbonyl (C=O) groups excluding carboxylic acids is 1. The van der Waals surface area contributed by atoms with Crippen LogP contribution in [0.4, 0.5) is 0 Å². The van der Waals surface area contributed by atoms with E-state index in [4.69, 9.17) is 4.55 Å². The summed E-state index contributed by atoms with van der Waals surface area (Å²) in [4.78, 5) is 10.4. The Morgan fingerprint density at radius 2 is 1.79 bits per heavy atom. The zero-order valence-corrected chi connectivity index (χ0v) is 17.7. The van der Waals surface area contributed by atoms with Crippen molar-refractivity contribution in [1.82, 2.24) is 10.9 Å². The first-order valence-corrected chi connectivity index (χ1v) is 5.72. The van der Waals surface area contributed by atoms with Crippen LogP contribution in [0.15, 0.2) is 17.0 Å². The maximum atomic E-state index is 11.3. The maximum absolute atomic E-state index is 11.3. The minimum atomic E-state index is -4.74. The topological polar surface area (TPSA) is 136 Å². The number of hydrogen-bond donors (Lipinski definition) is 5. The molecule has 8 nitrogen and oxygen atoms in total. The van der Waals surface area contributed by atoms with Crippen LogP contribution in [0.2, 0.25) is 0 Å². The van der Waals surface area contributed by atoms with E-state index in [1.54, 1.807) is 0 Å². The van der Waals surface area contributed by atoms with Gasteiger partial charge in [-0.3, -0.25) is 14.8 Å². The molecule has 0 unspecified atom stereocenters. The van der Waals surface area contributed by atoms with Crippen molar-refractivity contribution in [2.45, 2.75) is 4.90 Å². The van der Waals surface area contributed by atoms with Crippen LogP contribution in [0.1, 0.15) is 13.2 Å². The van der Waals surface area contributed by atoms with E-state index >= 15 is 0 Å². The predicted octanol–water partition coefficient (Wildman–Crippen LogP) is -6.56. The zero-order chi connectivity index (χ0) is 13.2. The van der Waals surface area contributed by atoms with Crippen LogP contribution >= 0.6 is 0 Å². The average Bonchev–Trinajstić information content (AvgIpc) is 2.20. The molecule has 0 spiro atoms. The first-order valence-electron chi connectivity index (χ1n) is 4.28. The van der Waals surface area contributed by atoms with Crippen molar-refractivity contribution < 1.29 is 134 Å². The first kappa shape index (κ1) is 22.7. The molecule has 19 heavy (non-hydrogen) atoms. The van der Waals surface area contributed by atoms with Crippen molar-refractivity contribution in [2.24, 2.45) is 0 Å². The Bertz CT molecular complexity index is 572. The summed E-state index contributed by atoms with van der Waals surface area (Å²) in [5.74, 6) is -2.59. The predicted molar refractivity (Wildman–Crippen MR) is 58.3 cm³/mol. The second kappa shape index (κ2) is 9.45. The number of rotatable bonds is 3. The normalized spacial score (nSPS) is 10.0. The molecule has 1 aromatic rings. The average molecular weight is 342 g/mol. The van der Waals surface area contributed by atoms with Crippen molar-refractivity contribution >= 4 is 16.0 Å². The molecule has 0 aliphatic rings. The van der Waals surface area contributed by atoms with Crippen molar-refractivity contribution in [3.63, 3.8) is 0 Å². The minimum absolute atomic E-state index is 0. The van der Waals surface area contributed by atoms with Gasteiger partial charge >= 0.3 is 103 Å². The van der Waals surface area contributed by atoms with Crippen molar-refractivity contribution in [3.05, 3.63) is 17.7 Å². The number of hydrogen-bond acceptors (Lipinski definition) is 6. The summed E-state index contributed by atoms with van der Waals surface area (Å²) in [7, 11) is -3.33. The Morgan fingerprint density at radius 3 is 2.21 bits per heavy atom.